The Morgan fingerprint density at radius 1 is 0.925 bits per heavy atom. The molecule has 4 rings (SSSR count). The Bertz CT molecular complexity index is 1400. The van der Waals surface area contributed by atoms with Gasteiger partial charge in [0.25, 0.3) is 10.0 Å². The van der Waals surface area contributed by atoms with Crippen LogP contribution in [0.5, 0.6) is 5.75 Å². The number of anilines is 4. The van der Waals surface area contributed by atoms with Crippen LogP contribution in [0.25, 0.3) is 0 Å². The summed E-state index contributed by atoms with van der Waals surface area (Å²) in [5.74, 6) is 0.652. The maximum Gasteiger partial charge on any atom is 0.261 e. The molecule has 0 unspecified atom stereocenters. The lowest BCUT2D eigenvalue weighted by molar-refractivity contribution is -0.115. The third kappa shape index (κ3) is 8.85. The monoisotopic (exact) mass is 583 g/mol. The predicted octanol–water partition coefficient (Wildman–Crippen LogP) is 5.23. The number of ether oxygens (including phenoxy) is 1. The average Bonchev–Trinajstić information content (AvgIpc) is 3.43. The van der Waals surface area contributed by atoms with Gasteiger partial charge in [-0.2, -0.15) is 0 Å². The van der Waals surface area contributed by atoms with Gasteiger partial charge in [0.1, 0.15) is 5.75 Å². The molecule has 1 aliphatic rings. The number of thiocarbonyl (C=S) groups is 1. The molecule has 1 amide bonds. The van der Waals surface area contributed by atoms with Crippen LogP contribution in [0.1, 0.15) is 24.0 Å². The van der Waals surface area contributed by atoms with Gasteiger partial charge >= 0.3 is 0 Å². The van der Waals surface area contributed by atoms with Crippen LogP contribution in [0.2, 0.25) is 0 Å². The summed E-state index contributed by atoms with van der Waals surface area (Å²) in [5.41, 5.74) is 5.17. The molecule has 1 fully saturated rings. The van der Waals surface area contributed by atoms with Crippen molar-refractivity contribution in [2.75, 3.05) is 54.6 Å². The number of methoxy groups -OCH3 is 1. The maximum atomic E-state index is 13.2. The van der Waals surface area contributed by atoms with Gasteiger partial charge in [-0.25, -0.2) is 8.42 Å². The standard InChI is InChI=1S/C26H30N4O3S2.C3H7NO/c1-18-14-19(2)16-21(15-18)27-26(34)28-24-17-23(10-11-25(24)30-12-4-5-13-30)35(31,32)29-20-6-8-22(33-3)9-7-20;1-4(2)3-5/h6-11,14-17,29H,4-5,12-13H2,1-3H3,(H2,27,28,34);3H,1-2H3. The van der Waals surface area contributed by atoms with Crippen molar-refractivity contribution in [3.8, 4) is 5.75 Å². The molecule has 3 N–H and O–H groups in total. The molecule has 0 bridgehead atoms. The van der Waals surface area contributed by atoms with Crippen molar-refractivity contribution in [1.29, 1.82) is 0 Å². The summed E-state index contributed by atoms with van der Waals surface area (Å²) in [4.78, 5) is 13.3. The van der Waals surface area contributed by atoms with Crippen molar-refractivity contribution in [3.63, 3.8) is 0 Å². The number of carbonyl (C=O) groups excluding carboxylic acids is 1. The number of carbonyl (C=O) groups is 1. The maximum absolute atomic E-state index is 13.2. The Morgan fingerprint density at radius 3 is 2.08 bits per heavy atom. The minimum atomic E-state index is -3.81. The van der Waals surface area contributed by atoms with Crippen LogP contribution in [0.15, 0.2) is 65.6 Å². The number of sulfonamides is 1. The van der Waals surface area contributed by atoms with E-state index in [1.165, 1.54) is 4.90 Å². The molecule has 1 heterocycles. The molecule has 40 heavy (non-hydrogen) atoms. The highest BCUT2D eigenvalue weighted by molar-refractivity contribution is 7.92. The van der Waals surface area contributed by atoms with E-state index in [1.807, 2.05) is 32.0 Å². The van der Waals surface area contributed by atoms with Crippen molar-refractivity contribution in [2.45, 2.75) is 31.6 Å². The van der Waals surface area contributed by atoms with E-state index >= 15 is 0 Å². The molecule has 1 aliphatic heterocycles. The van der Waals surface area contributed by atoms with E-state index in [-0.39, 0.29) is 4.90 Å². The molecule has 3 aromatic carbocycles. The van der Waals surface area contributed by atoms with E-state index in [1.54, 1.807) is 57.6 Å². The van der Waals surface area contributed by atoms with E-state index < -0.39 is 10.0 Å². The zero-order valence-corrected chi connectivity index (χ0v) is 25.2. The quantitative estimate of drug-likeness (QED) is 0.245. The van der Waals surface area contributed by atoms with E-state index in [2.05, 4.69) is 26.3 Å². The molecule has 3 aromatic rings. The summed E-state index contributed by atoms with van der Waals surface area (Å²) in [5, 5.41) is 6.86. The normalized spacial score (nSPS) is 12.6. The lowest BCUT2D eigenvalue weighted by atomic mass is 10.1. The zero-order chi connectivity index (χ0) is 29.3. The van der Waals surface area contributed by atoms with Crippen molar-refractivity contribution in [3.05, 3.63) is 71.8 Å². The van der Waals surface area contributed by atoms with Gasteiger partial charge in [-0.15, -0.1) is 0 Å². The lowest BCUT2D eigenvalue weighted by Gasteiger charge is -2.23. The Kier molecular flexibility index (Phi) is 10.7. The molecule has 0 atom stereocenters. The first kappa shape index (κ1) is 30.7. The van der Waals surface area contributed by atoms with Crippen LogP contribution in [0.4, 0.5) is 22.7 Å². The van der Waals surface area contributed by atoms with Crippen LogP contribution in [0, 0.1) is 13.8 Å². The van der Waals surface area contributed by atoms with Gasteiger partial charge in [0.15, 0.2) is 5.11 Å². The molecular formula is C29H37N5O4S2. The van der Waals surface area contributed by atoms with Crippen molar-refractivity contribution in [1.82, 2.24) is 4.90 Å². The summed E-state index contributed by atoms with van der Waals surface area (Å²) in [6.45, 7) is 5.90. The van der Waals surface area contributed by atoms with Crippen molar-refractivity contribution >= 4 is 56.5 Å². The molecule has 1 saturated heterocycles. The first-order valence-corrected chi connectivity index (χ1v) is 14.7. The van der Waals surface area contributed by atoms with Crippen LogP contribution in [-0.4, -0.2) is 59.1 Å². The Hall–Kier alpha value is -3.83. The summed E-state index contributed by atoms with van der Waals surface area (Å²) >= 11 is 5.59. The number of amides is 1. The zero-order valence-electron chi connectivity index (χ0n) is 23.5. The Balaban J connectivity index is 0.000000810. The number of rotatable bonds is 8. The third-order valence-corrected chi connectivity index (χ3v) is 7.59. The first-order chi connectivity index (χ1) is 19.0. The summed E-state index contributed by atoms with van der Waals surface area (Å²) < 4.78 is 34.1. The number of nitrogens with zero attached hydrogens (tertiary/aromatic N) is 2. The van der Waals surface area contributed by atoms with Crippen molar-refractivity contribution in [2.24, 2.45) is 0 Å². The van der Waals surface area contributed by atoms with E-state index in [9.17, 15) is 13.2 Å². The highest BCUT2D eigenvalue weighted by atomic mass is 32.2. The molecule has 0 spiro atoms. The fourth-order valence-corrected chi connectivity index (χ4v) is 5.53. The SMILES string of the molecule is CN(C)C=O.COc1ccc(NS(=O)(=O)c2ccc(N3CCCC3)c(NC(=S)Nc3cc(C)cc(C)c3)c2)cc1. The Labute approximate surface area is 242 Å². The van der Waals surface area contributed by atoms with Gasteiger partial charge in [0.05, 0.1) is 23.4 Å². The van der Waals surface area contributed by atoms with Crippen LogP contribution < -0.4 is 25.0 Å². The number of hydrogen-bond acceptors (Lipinski definition) is 6. The van der Waals surface area contributed by atoms with E-state index in [0.717, 1.165) is 54.8 Å². The molecule has 0 radical (unpaired) electrons. The van der Waals surface area contributed by atoms with Crippen LogP contribution >= 0.6 is 12.2 Å². The fraction of sp³-hybridized carbons (Fsp3) is 0.310. The van der Waals surface area contributed by atoms with Gasteiger partial charge in [-0.1, -0.05) is 6.07 Å². The Morgan fingerprint density at radius 2 is 1.52 bits per heavy atom. The average molecular weight is 584 g/mol. The van der Waals surface area contributed by atoms with Gasteiger partial charge in [0.2, 0.25) is 6.41 Å². The number of benzene rings is 3. The van der Waals surface area contributed by atoms with Gasteiger partial charge in [0, 0.05) is 38.6 Å². The summed E-state index contributed by atoms with van der Waals surface area (Å²) in [6.07, 6.45) is 2.95. The molecule has 9 nitrogen and oxygen atoms in total. The van der Waals surface area contributed by atoms with E-state index in [4.69, 9.17) is 17.0 Å². The number of aryl methyl sites for hydroxylation is 2. The van der Waals surface area contributed by atoms with Crippen molar-refractivity contribution < 1.29 is 17.9 Å². The number of nitrogens with one attached hydrogen (secondary N) is 3. The van der Waals surface area contributed by atoms with Crippen LogP contribution in [-0.2, 0) is 14.8 Å². The number of hydrogen-bond donors (Lipinski definition) is 3. The van der Waals surface area contributed by atoms with Gasteiger partial charge in [-0.3, -0.25) is 9.52 Å². The van der Waals surface area contributed by atoms with Gasteiger partial charge in [-0.05, 0) is 105 Å². The fourth-order valence-electron chi connectivity index (χ4n) is 4.22. The topological polar surface area (TPSA) is 103 Å². The second-order valence-electron chi connectivity index (χ2n) is 9.73. The molecule has 11 heteroatoms. The minimum absolute atomic E-state index is 0.146. The minimum Gasteiger partial charge on any atom is -0.497 e. The predicted molar refractivity (Wildman–Crippen MR) is 167 cm³/mol. The van der Waals surface area contributed by atoms with Crippen LogP contribution in [0.3, 0.4) is 0 Å². The first-order valence-electron chi connectivity index (χ1n) is 12.8. The smallest absolute Gasteiger partial charge is 0.261 e. The second kappa shape index (κ2) is 14.0. The lowest BCUT2D eigenvalue weighted by Crippen LogP contribution is -2.24. The molecule has 214 valence electrons. The highest BCUT2D eigenvalue weighted by Gasteiger charge is 2.21. The van der Waals surface area contributed by atoms with E-state index in [0.29, 0.717) is 22.2 Å². The highest BCUT2D eigenvalue weighted by Crippen LogP contribution is 2.32. The summed E-state index contributed by atoms with van der Waals surface area (Å²) in [7, 11) is 1.12. The summed E-state index contributed by atoms with van der Waals surface area (Å²) in [6, 6.07) is 18.0. The van der Waals surface area contributed by atoms with Gasteiger partial charge < -0.3 is 25.2 Å². The second-order valence-corrected chi connectivity index (χ2v) is 11.8. The molecule has 0 saturated carbocycles. The molecule has 0 aliphatic carbocycles. The molecule has 0 aromatic heterocycles. The third-order valence-electron chi connectivity index (χ3n) is 6.01. The largest absolute Gasteiger partial charge is 0.497 e. The molecular weight excluding hydrogens is 546 g/mol.